The molecule has 0 saturated carbocycles. The number of hydrogen-bond acceptors (Lipinski definition) is 4. The van der Waals surface area contributed by atoms with Crippen molar-refractivity contribution in [3.63, 3.8) is 0 Å². The third-order valence-electron chi connectivity index (χ3n) is 4.21. The summed E-state index contributed by atoms with van der Waals surface area (Å²) in [5, 5.41) is 6.90. The topological polar surface area (TPSA) is 40.7 Å². The fraction of sp³-hybridized carbons (Fsp3) is 0.0500. The van der Waals surface area contributed by atoms with Crippen molar-refractivity contribution < 1.29 is 0 Å². The van der Waals surface area contributed by atoms with E-state index in [0.717, 1.165) is 16.9 Å². The van der Waals surface area contributed by atoms with Crippen LogP contribution in [-0.2, 0) is 0 Å². The molecule has 0 amide bonds. The Labute approximate surface area is 153 Å². The van der Waals surface area contributed by atoms with E-state index in [1.54, 1.807) is 22.7 Å². The first kappa shape index (κ1) is 14.7. The lowest BCUT2D eigenvalue weighted by molar-refractivity contribution is 1.30. The number of thiophene rings is 2. The molecule has 5 heteroatoms. The Kier molecular flexibility index (Phi) is 3.36. The first-order valence-corrected chi connectivity index (χ1v) is 9.75. The van der Waals surface area contributed by atoms with E-state index >= 15 is 0 Å². The van der Waals surface area contributed by atoms with E-state index < -0.39 is 0 Å². The molecule has 0 bridgehead atoms. The van der Waals surface area contributed by atoms with E-state index in [1.165, 1.54) is 31.1 Å². The maximum absolute atomic E-state index is 4.54. The van der Waals surface area contributed by atoms with Crippen molar-refractivity contribution in [2.45, 2.75) is 6.92 Å². The van der Waals surface area contributed by atoms with Gasteiger partial charge in [0.15, 0.2) is 0 Å². The average Bonchev–Trinajstić information content (AvgIpc) is 3.32. The van der Waals surface area contributed by atoms with Gasteiger partial charge in [0.2, 0.25) is 0 Å². The Hall–Kier alpha value is -2.63. The number of fused-ring (bicyclic) bond motifs is 2. The summed E-state index contributed by atoms with van der Waals surface area (Å²) in [6.45, 7) is 2.08. The average molecular weight is 361 g/mol. The zero-order valence-corrected chi connectivity index (χ0v) is 15.2. The molecule has 5 aromatic rings. The molecule has 2 N–H and O–H groups in total. The second-order valence-electron chi connectivity index (χ2n) is 6.04. The second kappa shape index (κ2) is 5.72. The Bertz CT molecular complexity index is 1180. The van der Waals surface area contributed by atoms with Crippen molar-refractivity contribution in [2.24, 2.45) is 0 Å². The van der Waals surface area contributed by atoms with Crippen LogP contribution in [0.4, 0.5) is 11.4 Å². The molecular formula is C20H15N3S2. The molecule has 25 heavy (non-hydrogen) atoms. The number of nitrogens with zero attached hydrogens (tertiary/aromatic N) is 1. The first-order chi connectivity index (χ1) is 12.3. The van der Waals surface area contributed by atoms with Crippen LogP contribution >= 0.6 is 22.7 Å². The molecule has 0 fully saturated rings. The van der Waals surface area contributed by atoms with Gasteiger partial charge < -0.3 is 10.3 Å². The summed E-state index contributed by atoms with van der Waals surface area (Å²) in [6, 6.07) is 17.0. The van der Waals surface area contributed by atoms with Crippen molar-refractivity contribution in [3.05, 3.63) is 65.8 Å². The first-order valence-electron chi connectivity index (χ1n) is 8.05. The SMILES string of the molecule is Cc1cc2cc(Nc3ccnc4cc(-c5cccs5)sc34)ccc2[nH]1. The predicted octanol–water partition coefficient (Wildman–Crippen LogP) is 6.56. The molecule has 0 atom stereocenters. The smallest absolute Gasteiger partial charge is 0.0837 e. The summed E-state index contributed by atoms with van der Waals surface area (Å²) in [7, 11) is 0. The number of pyridine rings is 1. The van der Waals surface area contributed by atoms with Crippen LogP contribution in [0.15, 0.2) is 60.1 Å². The molecule has 0 spiro atoms. The van der Waals surface area contributed by atoms with Crippen LogP contribution in [0.3, 0.4) is 0 Å². The van der Waals surface area contributed by atoms with Crippen molar-refractivity contribution in [1.82, 2.24) is 9.97 Å². The number of nitrogens with one attached hydrogen (secondary N) is 2. The van der Waals surface area contributed by atoms with Gasteiger partial charge in [0.25, 0.3) is 0 Å². The highest BCUT2D eigenvalue weighted by Gasteiger charge is 2.10. The van der Waals surface area contributed by atoms with Gasteiger partial charge in [0.1, 0.15) is 0 Å². The van der Waals surface area contributed by atoms with Gasteiger partial charge in [-0.25, -0.2) is 0 Å². The zero-order chi connectivity index (χ0) is 16.8. The molecule has 4 heterocycles. The van der Waals surface area contributed by atoms with Crippen molar-refractivity contribution in [2.75, 3.05) is 5.32 Å². The minimum absolute atomic E-state index is 1.04. The van der Waals surface area contributed by atoms with E-state index in [-0.39, 0.29) is 0 Å². The number of H-pyrrole nitrogens is 1. The van der Waals surface area contributed by atoms with Gasteiger partial charge in [0.05, 0.1) is 15.9 Å². The molecule has 1 aromatic carbocycles. The Balaban J connectivity index is 1.57. The van der Waals surface area contributed by atoms with Crippen LogP contribution in [0.5, 0.6) is 0 Å². The highest BCUT2D eigenvalue weighted by molar-refractivity contribution is 7.26. The third kappa shape index (κ3) is 2.62. The summed E-state index contributed by atoms with van der Waals surface area (Å²) in [6.07, 6.45) is 1.87. The molecule has 0 aliphatic rings. The quantitative estimate of drug-likeness (QED) is 0.382. The maximum Gasteiger partial charge on any atom is 0.0837 e. The third-order valence-corrected chi connectivity index (χ3v) is 6.43. The van der Waals surface area contributed by atoms with Gasteiger partial charge in [-0.05, 0) is 54.8 Å². The van der Waals surface area contributed by atoms with Gasteiger partial charge in [-0.15, -0.1) is 22.7 Å². The Morgan fingerprint density at radius 2 is 2.00 bits per heavy atom. The van der Waals surface area contributed by atoms with E-state index in [1.807, 2.05) is 12.3 Å². The highest BCUT2D eigenvalue weighted by atomic mass is 32.1. The summed E-state index contributed by atoms with van der Waals surface area (Å²) < 4.78 is 1.19. The van der Waals surface area contributed by atoms with Crippen LogP contribution in [0.25, 0.3) is 30.9 Å². The molecule has 4 aromatic heterocycles. The maximum atomic E-state index is 4.54. The van der Waals surface area contributed by atoms with Crippen molar-refractivity contribution in [1.29, 1.82) is 0 Å². The summed E-state index contributed by atoms with van der Waals surface area (Å²) >= 11 is 3.55. The zero-order valence-electron chi connectivity index (χ0n) is 13.5. The molecule has 5 rings (SSSR count). The standard InChI is InChI=1S/C20H15N3S2/c1-12-9-13-10-14(4-5-15(13)22-12)23-16-6-7-21-17-11-19(25-20(16)17)18-3-2-8-24-18/h2-11,22H,1H3,(H,21,23). The number of anilines is 2. The molecular weight excluding hydrogens is 346 g/mol. The minimum Gasteiger partial charge on any atom is -0.359 e. The van der Waals surface area contributed by atoms with E-state index in [0.29, 0.717) is 0 Å². The Morgan fingerprint density at radius 3 is 2.88 bits per heavy atom. The lowest BCUT2D eigenvalue weighted by atomic mass is 10.2. The number of hydrogen-bond donors (Lipinski definition) is 2. The lowest BCUT2D eigenvalue weighted by Gasteiger charge is -2.07. The number of aryl methyl sites for hydroxylation is 1. The van der Waals surface area contributed by atoms with Crippen molar-refractivity contribution in [3.8, 4) is 9.75 Å². The van der Waals surface area contributed by atoms with Crippen LogP contribution in [0.2, 0.25) is 0 Å². The van der Waals surface area contributed by atoms with Crippen molar-refractivity contribution >= 4 is 55.2 Å². The van der Waals surface area contributed by atoms with Crippen LogP contribution in [-0.4, -0.2) is 9.97 Å². The normalized spacial score (nSPS) is 11.4. The van der Waals surface area contributed by atoms with Crippen LogP contribution in [0, 0.1) is 6.92 Å². The molecule has 122 valence electrons. The number of aromatic amines is 1. The van der Waals surface area contributed by atoms with E-state index in [4.69, 9.17) is 0 Å². The van der Waals surface area contributed by atoms with Gasteiger partial charge in [0, 0.05) is 38.2 Å². The molecule has 0 aliphatic heterocycles. The van der Waals surface area contributed by atoms with Gasteiger partial charge in [-0.1, -0.05) is 6.07 Å². The Morgan fingerprint density at radius 1 is 1.04 bits per heavy atom. The largest absolute Gasteiger partial charge is 0.359 e. The predicted molar refractivity (Wildman–Crippen MR) is 109 cm³/mol. The van der Waals surface area contributed by atoms with Crippen LogP contribution < -0.4 is 5.32 Å². The van der Waals surface area contributed by atoms with E-state index in [2.05, 4.69) is 70.1 Å². The molecule has 0 aliphatic carbocycles. The second-order valence-corrected chi connectivity index (χ2v) is 8.04. The monoisotopic (exact) mass is 361 g/mol. The summed E-state index contributed by atoms with van der Waals surface area (Å²) in [5.74, 6) is 0. The number of rotatable bonds is 3. The fourth-order valence-corrected chi connectivity index (χ4v) is 5.00. The summed E-state index contributed by atoms with van der Waals surface area (Å²) in [5.41, 5.74) is 5.57. The molecule has 0 saturated heterocycles. The minimum atomic E-state index is 1.04. The number of aromatic nitrogens is 2. The lowest BCUT2D eigenvalue weighted by Crippen LogP contribution is -1.90. The molecule has 0 radical (unpaired) electrons. The van der Waals surface area contributed by atoms with Crippen LogP contribution in [0.1, 0.15) is 5.69 Å². The van der Waals surface area contributed by atoms with Gasteiger partial charge in [-0.3, -0.25) is 4.98 Å². The molecule has 3 nitrogen and oxygen atoms in total. The summed E-state index contributed by atoms with van der Waals surface area (Å²) in [4.78, 5) is 10.5. The van der Waals surface area contributed by atoms with E-state index in [9.17, 15) is 0 Å². The van der Waals surface area contributed by atoms with Gasteiger partial charge >= 0.3 is 0 Å². The fourth-order valence-electron chi connectivity index (χ4n) is 3.09. The highest BCUT2D eigenvalue weighted by Crippen LogP contribution is 2.39. The number of benzene rings is 1. The van der Waals surface area contributed by atoms with Gasteiger partial charge in [-0.2, -0.15) is 0 Å². The molecule has 0 unspecified atom stereocenters.